The number of hydrogen-bond acceptors (Lipinski definition) is 2. The van der Waals surface area contributed by atoms with Gasteiger partial charge in [0, 0.05) is 13.1 Å². The van der Waals surface area contributed by atoms with Gasteiger partial charge in [-0.15, -0.1) is 0 Å². The molecule has 0 saturated carbocycles. The molecule has 0 aliphatic carbocycles. The smallest absolute Gasteiger partial charge is 0.251 e. The SMILES string of the molecule is CCC(O)C(=O)N1CCC[C@@H](Cc2ccc(F)cc2)C1. The van der Waals surface area contributed by atoms with Gasteiger partial charge in [-0.2, -0.15) is 0 Å². The Kier molecular flexibility index (Phi) is 5.12. The van der Waals surface area contributed by atoms with Gasteiger partial charge in [-0.05, 0) is 49.3 Å². The molecule has 1 aromatic carbocycles. The number of rotatable bonds is 4. The van der Waals surface area contributed by atoms with Crippen LogP contribution < -0.4 is 0 Å². The summed E-state index contributed by atoms with van der Waals surface area (Å²) in [6.07, 6.45) is 2.47. The molecular weight excluding hydrogens is 257 g/mol. The van der Waals surface area contributed by atoms with E-state index in [2.05, 4.69) is 0 Å². The molecule has 110 valence electrons. The number of amides is 1. The highest BCUT2D eigenvalue weighted by Crippen LogP contribution is 2.21. The first kappa shape index (κ1) is 15.0. The predicted molar refractivity (Wildman–Crippen MR) is 75.7 cm³/mol. The van der Waals surface area contributed by atoms with E-state index in [1.165, 1.54) is 12.1 Å². The van der Waals surface area contributed by atoms with E-state index in [0.717, 1.165) is 31.4 Å². The zero-order valence-electron chi connectivity index (χ0n) is 11.9. The minimum Gasteiger partial charge on any atom is -0.383 e. The van der Waals surface area contributed by atoms with Crippen LogP contribution in [0.4, 0.5) is 4.39 Å². The van der Waals surface area contributed by atoms with Gasteiger partial charge in [-0.25, -0.2) is 4.39 Å². The average Bonchev–Trinajstić information content (AvgIpc) is 2.48. The van der Waals surface area contributed by atoms with Gasteiger partial charge in [0.05, 0.1) is 0 Å². The maximum absolute atomic E-state index is 12.9. The fourth-order valence-electron chi connectivity index (χ4n) is 2.77. The van der Waals surface area contributed by atoms with Gasteiger partial charge in [-0.3, -0.25) is 4.79 Å². The third kappa shape index (κ3) is 3.79. The summed E-state index contributed by atoms with van der Waals surface area (Å²) in [5.41, 5.74) is 1.10. The number of halogens is 1. The third-order valence-electron chi connectivity index (χ3n) is 3.94. The summed E-state index contributed by atoms with van der Waals surface area (Å²) >= 11 is 0. The monoisotopic (exact) mass is 279 g/mol. The van der Waals surface area contributed by atoms with Crippen molar-refractivity contribution in [3.8, 4) is 0 Å². The third-order valence-corrected chi connectivity index (χ3v) is 3.94. The standard InChI is InChI=1S/C16H22FNO2/c1-2-15(19)16(20)18-9-3-4-13(11-18)10-12-5-7-14(17)8-6-12/h5-8,13,15,19H,2-4,9-11H2,1H3/t13-,15?/m0/s1. The maximum Gasteiger partial charge on any atom is 0.251 e. The fraction of sp³-hybridized carbons (Fsp3) is 0.562. The summed E-state index contributed by atoms with van der Waals surface area (Å²) in [4.78, 5) is 13.8. The molecule has 0 spiro atoms. The van der Waals surface area contributed by atoms with E-state index in [0.29, 0.717) is 18.9 Å². The summed E-state index contributed by atoms with van der Waals surface area (Å²) in [6, 6.07) is 6.55. The van der Waals surface area contributed by atoms with E-state index >= 15 is 0 Å². The molecule has 1 aliphatic heterocycles. The highest BCUT2D eigenvalue weighted by atomic mass is 19.1. The van der Waals surface area contributed by atoms with Crippen molar-refractivity contribution in [1.29, 1.82) is 0 Å². The van der Waals surface area contributed by atoms with E-state index < -0.39 is 6.10 Å². The minimum atomic E-state index is -0.875. The van der Waals surface area contributed by atoms with Crippen molar-refractivity contribution < 1.29 is 14.3 Å². The Morgan fingerprint density at radius 2 is 2.15 bits per heavy atom. The molecule has 1 amide bonds. The lowest BCUT2D eigenvalue weighted by Gasteiger charge is -2.34. The molecule has 1 fully saturated rings. The van der Waals surface area contributed by atoms with Crippen LogP contribution in [0, 0.1) is 11.7 Å². The van der Waals surface area contributed by atoms with Crippen LogP contribution in [0.1, 0.15) is 31.7 Å². The fourth-order valence-corrected chi connectivity index (χ4v) is 2.77. The second-order valence-electron chi connectivity index (χ2n) is 5.55. The summed E-state index contributed by atoms with van der Waals surface area (Å²) in [5, 5.41) is 9.65. The molecule has 2 atom stereocenters. The molecule has 20 heavy (non-hydrogen) atoms. The summed E-state index contributed by atoms with van der Waals surface area (Å²) in [6.45, 7) is 3.23. The highest BCUT2D eigenvalue weighted by molar-refractivity contribution is 5.80. The van der Waals surface area contributed by atoms with Gasteiger partial charge in [0.2, 0.25) is 0 Å². The van der Waals surface area contributed by atoms with E-state index in [-0.39, 0.29) is 11.7 Å². The van der Waals surface area contributed by atoms with Gasteiger partial charge >= 0.3 is 0 Å². The average molecular weight is 279 g/mol. The number of piperidine rings is 1. The first-order valence-corrected chi connectivity index (χ1v) is 7.31. The van der Waals surface area contributed by atoms with Crippen molar-refractivity contribution in [3.63, 3.8) is 0 Å². The Bertz CT molecular complexity index is 446. The zero-order chi connectivity index (χ0) is 14.5. The highest BCUT2D eigenvalue weighted by Gasteiger charge is 2.26. The van der Waals surface area contributed by atoms with Crippen molar-refractivity contribution in [2.75, 3.05) is 13.1 Å². The lowest BCUT2D eigenvalue weighted by molar-refractivity contribution is -0.142. The van der Waals surface area contributed by atoms with E-state index in [9.17, 15) is 14.3 Å². The number of carbonyl (C=O) groups is 1. The van der Waals surface area contributed by atoms with Crippen molar-refractivity contribution in [3.05, 3.63) is 35.6 Å². The number of carbonyl (C=O) groups excluding carboxylic acids is 1. The molecule has 1 unspecified atom stereocenters. The van der Waals surface area contributed by atoms with Crippen LogP contribution in [-0.4, -0.2) is 35.1 Å². The molecule has 3 nitrogen and oxygen atoms in total. The Morgan fingerprint density at radius 1 is 1.45 bits per heavy atom. The lowest BCUT2D eigenvalue weighted by Crippen LogP contribution is -2.45. The number of nitrogens with zero attached hydrogens (tertiary/aromatic N) is 1. The molecule has 1 aromatic rings. The van der Waals surface area contributed by atoms with Crippen LogP contribution in [0.15, 0.2) is 24.3 Å². The van der Waals surface area contributed by atoms with Crippen LogP contribution >= 0.6 is 0 Å². The normalized spacial score (nSPS) is 20.8. The zero-order valence-corrected chi connectivity index (χ0v) is 11.9. The van der Waals surface area contributed by atoms with Gasteiger partial charge < -0.3 is 10.0 Å². The van der Waals surface area contributed by atoms with Crippen LogP contribution in [0.25, 0.3) is 0 Å². The molecule has 1 N–H and O–H groups in total. The molecule has 0 radical (unpaired) electrons. The first-order chi connectivity index (χ1) is 9.60. The first-order valence-electron chi connectivity index (χ1n) is 7.31. The predicted octanol–water partition coefficient (Wildman–Crippen LogP) is 2.38. The number of aliphatic hydroxyl groups excluding tert-OH is 1. The Hall–Kier alpha value is -1.42. The van der Waals surface area contributed by atoms with E-state index in [1.54, 1.807) is 17.0 Å². The summed E-state index contributed by atoms with van der Waals surface area (Å²) in [5.74, 6) is 0.0128. The molecule has 0 aromatic heterocycles. The topological polar surface area (TPSA) is 40.5 Å². The largest absolute Gasteiger partial charge is 0.383 e. The van der Waals surface area contributed by atoms with Crippen LogP contribution in [-0.2, 0) is 11.2 Å². The van der Waals surface area contributed by atoms with Crippen LogP contribution in [0.5, 0.6) is 0 Å². The van der Waals surface area contributed by atoms with Crippen LogP contribution in [0.3, 0.4) is 0 Å². The van der Waals surface area contributed by atoms with Gasteiger partial charge in [0.15, 0.2) is 0 Å². The molecule has 4 heteroatoms. The van der Waals surface area contributed by atoms with Crippen molar-refractivity contribution in [2.45, 2.75) is 38.7 Å². The summed E-state index contributed by atoms with van der Waals surface area (Å²) < 4.78 is 12.9. The van der Waals surface area contributed by atoms with E-state index in [4.69, 9.17) is 0 Å². The van der Waals surface area contributed by atoms with Crippen molar-refractivity contribution in [2.24, 2.45) is 5.92 Å². The van der Waals surface area contributed by atoms with E-state index in [1.807, 2.05) is 6.92 Å². The van der Waals surface area contributed by atoms with Crippen LogP contribution in [0.2, 0.25) is 0 Å². The van der Waals surface area contributed by atoms with Crippen molar-refractivity contribution >= 4 is 5.91 Å². The number of aliphatic hydroxyl groups is 1. The second kappa shape index (κ2) is 6.84. The van der Waals surface area contributed by atoms with Crippen molar-refractivity contribution in [1.82, 2.24) is 4.90 Å². The quantitative estimate of drug-likeness (QED) is 0.919. The molecule has 2 rings (SSSR count). The summed E-state index contributed by atoms with van der Waals surface area (Å²) in [7, 11) is 0. The van der Waals surface area contributed by atoms with Gasteiger partial charge in [0.25, 0.3) is 5.91 Å². The Balaban J connectivity index is 1.93. The molecule has 0 bridgehead atoms. The second-order valence-corrected chi connectivity index (χ2v) is 5.55. The molecule has 1 saturated heterocycles. The minimum absolute atomic E-state index is 0.156. The molecule has 1 aliphatic rings. The number of benzene rings is 1. The lowest BCUT2D eigenvalue weighted by atomic mass is 9.91. The number of likely N-dealkylation sites (tertiary alicyclic amines) is 1. The Labute approximate surface area is 119 Å². The molecular formula is C16H22FNO2. The van der Waals surface area contributed by atoms with Gasteiger partial charge in [0.1, 0.15) is 11.9 Å². The molecule has 1 heterocycles. The Morgan fingerprint density at radius 3 is 2.80 bits per heavy atom. The maximum atomic E-state index is 12.9. The van der Waals surface area contributed by atoms with Gasteiger partial charge in [-0.1, -0.05) is 19.1 Å². The number of hydrogen-bond donors (Lipinski definition) is 1.